The molecule has 0 spiro atoms. The lowest BCUT2D eigenvalue weighted by atomic mass is 10.5. The summed E-state index contributed by atoms with van der Waals surface area (Å²) < 4.78 is 0. The Bertz CT molecular complexity index is 280. The highest BCUT2D eigenvalue weighted by Crippen LogP contribution is 2.10. The average molecular weight is 192 g/mol. The Balaban J connectivity index is 2.99. The van der Waals surface area contributed by atoms with E-state index >= 15 is 0 Å². The quantitative estimate of drug-likeness (QED) is 0.714. The van der Waals surface area contributed by atoms with Gasteiger partial charge in [-0.1, -0.05) is 0 Å². The molecule has 0 aliphatic rings. The van der Waals surface area contributed by atoms with Gasteiger partial charge >= 0.3 is 5.97 Å². The van der Waals surface area contributed by atoms with E-state index in [1.807, 2.05) is 0 Å². The van der Waals surface area contributed by atoms with Crippen molar-refractivity contribution in [1.29, 1.82) is 0 Å². The topological polar surface area (TPSA) is 67.3 Å². The van der Waals surface area contributed by atoms with E-state index in [0.29, 0.717) is 0 Å². The molecule has 0 aliphatic heterocycles. The summed E-state index contributed by atoms with van der Waals surface area (Å²) in [6, 6.07) is 0. The van der Waals surface area contributed by atoms with Crippen molar-refractivity contribution in [3.05, 3.63) is 16.1 Å². The highest BCUT2D eigenvalue weighted by molar-refractivity contribution is 7.12. The number of aromatic carboxylic acids is 1. The molecule has 0 saturated heterocycles. The van der Waals surface area contributed by atoms with Crippen LogP contribution in [0, 0.1) is 0 Å². The van der Waals surface area contributed by atoms with E-state index in [9.17, 15) is 9.59 Å². The van der Waals surface area contributed by atoms with Crippen molar-refractivity contribution in [3.63, 3.8) is 0 Å². The van der Waals surface area contributed by atoms with E-state index in [-0.39, 0.29) is 10.7 Å². The first-order valence-corrected chi connectivity index (χ1v) is 3.75. The second-order valence-electron chi connectivity index (χ2n) is 1.62. The third-order valence-corrected chi connectivity index (χ3v) is 1.91. The van der Waals surface area contributed by atoms with Gasteiger partial charge in [-0.15, -0.1) is 11.3 Å². The van der Waals surface area contributed by atoms with Gasteiger partial charge in [-0.05, 0) is 11.6 Å². The molecule has 4 nitrogen and oxygen atoms in total. The van der Waals surface area contributed by atoms with E-state index in [0.717, 1.165) is 11.3 Å². The molecule has 0 aliphatic carbocycles. The number of carboxylic acid groups (broad SMARTS) is 1. The van der Waals surface area contributed by atoms with Crippen molar-refractivity contribution in [2.75, 3.05) is 0 Å². The van der Waals surface area contributed by atoms with Gasteiger partial charge in [0.2, 0.25) is 5.01 Å². The van der Waals surface area contributed by atoms with Crippen LogP contribution in [0.3, 0.4) is 0 Å². The summed E-state index contributed by atoms with van der Waals surface area (Å²) in [7, 11) is 0. The highest BCUT2D eigenvalue weighted by Gasteiger charge is 2.11. The summed E-state index contributed by atoms with van der Waals surface area (Å²) >= 11 is 5.90. The van der Waals surface area contributed by atoms with E-state index in [4.69, 9.17) is 16.7 Å². The Hall–Kier alpha value is -0.940. The van der Waals surface area contributed by atoms with Gasteiger partial charge in [0.15, 0.2) is 0 Å². The van der Waals surface area contributed by atoms with Gasteiger partial charge in [-0.2, -0.15) is 0 Å². The molecule has 1 N–H and O–H groups in total. The van der Waals surface area contributed by atoms with Crippen LogP contribution in [0.25, 0.3) is 0 Å². The van der Waals surface area contributed by atoms with Crippen LogP contribution in [-0.4, -0.2) is 21.3 Å². The first kappa shape index (κ1) is 8.16. The van der Waals surface area contributed by atoms with Crippen LogP contribution in [0.5, 0.6) is 0 Å². The standard InChI is InChI=1S/C5H2ClNO3S/c6-3(8)2-1-11-4(7-2)5(9)10/h1H,(H,9,10). The Kier molecular flexibility index (Phi) is 2.21. The third kappa shape index (κ3) is 1.75. The lowest BCUT2D eigenvalue weighted by molar-refractivity contribution is 0.0696. The number of aromatic nitrogens is 1. The van der Waals surface area contributed by atoms with Crippen molar-refractivity contribution in [1.82, 2.24) is 4.98 Å². The Morgan fingerprint density at radius 1 is 1.64 bits per heavy atom. The molecule has 1 aromatic heterocycles. The van der Waals surface area contributed by atoms with Crippen LogP contribution in [0.4, 0.5) is 0 Å². The highest BCUT2D eigenvalue weighted by atomic mass is 35.5. The molecule has 1 heterocycles. The minimum atomic E-state index is -1.15. The third-order valence-electron chi connectivity index (χ3n) is 0.889. The first-order chi connectivity index (χ1) is 5.11. The molecule has 11 heavy (non-hydrogen) atoms. The van der Waals surface area contributed by atoms with Crippen LogP contribution in [0.15, 0.2) is 5.38 Å². The fourth-order valence-corrected chi connectivity index (χ4v) is 1.26. The molecule has 0 amide bonds. The zero-order valence-electron chi connectivity index (χ0n) is 5.07. The van der Waals surface area contributed by atoms with E-state index in [1.165, 1.54) is 5.38 Å². The predicted molar refractivity (Wildman–Crippen MR) is 39.3 cm³/mol. The molecule has 0 saturated carbocycles. The molecule has 0 unspecified atom stereocenters. The molecule has 6 heteroatoms. The molecular weight excluding hydrogens is 190 g/mol. The lowest BCUT2D eigenvalue weighted by Gasteiger charge is -1.81. The molecule has 0 radical (unpaired) electrons. The van der Waals surface area contributed by atoms with Crippen LogP contribution >= 0.6 is 22.9 Å². The molecular formula is C5H2ClNO3S. The summed E-state index contributed by atoms with van der Waals surface area (Å²) in [5.74, 6) is -1.15. The van der Waals surface area contributed by atoms with Crippen molar-refractivity contribution < 1.29 is 14.7 Å². The second kappa shape index (κ2) is 2.98. The van der Waals surface area contributed by atoms with Gasteiger partial charge < -0.3 is 5.11 Å². The number of carbonyl (C=O) groups excluding carboxylic acids is 1. The number of thiazole rings is 1. The maximum atomic E-state index is 10.4. The molecule has 0 atom stereocenters. The molecule has 1 aromatic rings. The summed E-state index contributed by atoms with van der Waals surface area (Å²) in [6.45, 7) is 0. The maximum Gasteiger partial charge on any atom is 0.365 e. The predicted octanol–water partition coefficient (Wildman–Crippen LogP) is 1.22. The van der Waals surface area contributed by atoms with Crippen molar-refractivity contribution in [2.24, 2.45) is 0 Å². The summed E-state index contributed by atoms with van der Waals surface area (Å²) in [4.78, 5) is 24.1. The van der Waals surface area contributed by atoms with Crippen LogP contribution in [-0.2, 0) is 0 Å². The Morgan fingerprint density at radius 3 is 2.55 bits per heavy atom. The molecule has 0 fully saturated rings. The zero-order valence-corrected chi connectivity index (χ0v) is 6.65. The number of hydrogen-bond donors (Lipinski definition) is 1. The zero-order chi connectivity index (χ0) is 8.43. The van der Waals surface area contributed by atoms with Gasteiger partial charge in [-0.25, -0.2) is 9.78 Å². The van der Waals surface area contributed by atoms with Crippen LogP contribution < -0.4 is 0 Å². The van der Waals surface area contributed by atoms with Crippen LogP contribution in [0.1, 0.15) is 20.3 Å². The smallest absolute Gasteiger partial charge is 0.365 e. The Morgan fingerprint density at radius 2 is 2.27 bits per heavy atom. The minimum Gasteiger partial charge on any atom is -0.476 e. The molecule has 1 rings (SSSR count). The number of rotatable bonds is 2. The van der Waals surface area contributed by atoms with Gasteiger partial charge in [0.25, 0.3) is 5.24 Å². The maximum absolute atomic E-state index is 10.4. The fraction of sp³-hybridized carbons (Fsp3) is 0. The van der Waals surface area contributed by atoms with Gasteiger partial charge in [0, 0.05) is 5.38 Å². The molecule has 0 bridgehead atoms. The Labute approximate surface area is 70.4 Å². The number of hydrogen-bond acceptors (Lipinski definition) is 4. The molecule has 58 valence electrons. The summed E-state index contributed by atoms with van der Waals surface area (Å²) in [5.41, 5.74) is -0.0194. The van der Waals surface area contributed by atoms with E-state index in [1.54, 1.807) is 0 Å². The number of carbonyl (C=O) groups is 2. The molecule has 0 aromatic carbocycles. The summed E-state index contributed by atoms with van der Waals surface area (Å²) in [5, 5.41) is 8.81. The normalized spacial score (nSPS) is 9.55. The van der Waals surface area contributed by atoms with Crippen molar-refractivity contribution in [3.8, 4) is 0 Å². The number of halogens is 1. The van der Waals surface area contributed by atoms with Crippen molar-refractivity contribution >= 4 is 34.1 Å². The fourth-order valence-electron chi connectivity index (χ4n) is 0.462. The minimum absolute atomic E-state index is 0.0194. The van der Waals surface area contributed by atoms with Gasteiger partial charge in [0.1, 0.15) is 5.69 Å². The monoisotopic (exact) mass is 191 g/mol. The van der Waals surface area contributed by atoms with E-state index < -0.39 is 11.2 Å². The second-order valence-corrected chi connectivity index (χ2v) is 2.82. The lowest BCUT2D eigenvalue weighted by Crippen LogP contribution is -1.96. The number of nitrogens with zero attached hydrogens (tertiary/aromatic N) is 1. The van der Waals surface area contributed by atoms with Crippen molar-refractivity contribution in [2.45, 2.75) is 0 Å². The van der Waals surface area contributed by atoms with E-state index in [2.05, 4.69) is 4.98 Å². The van der Waals surface area contributed by atoms with Crippen LogP contribution in [0.2, 0.25) is 0 Å². The van der Waals surface area contributed by atoms with Gasteiger partial charge in [0.05, 0.1) is 0 Å². The average Bonchev–Trinajstić information content (AvgIpc) is 2.33. The first-order valence-electron chi connectivity index (χ1n) is 2.50. The largest absolute Gasteiger partial charge is 0.476 e. The van der Waals surface area contributed by atoms with Gasteiger partial charge in [-0.3, -0.25) is 4.79 Å². The number of carboxylic acids is 1. The SMILES string of the molecule is O=C(Cl)c1csc(C(=O)O)n1. The summed E-state index contributed by atoms with van der Waals surface area (Å²) in [6.07, 6.45) is 0.